The Morgan fingerprint density at radius 1 is 1.36 bits per heavy atom. The lowest BCUT2D eigenvalue weighted by Crippen LogP contribution is -2.16. The van der Waals surface area contributed by atoms with Gasteiger partial charge < -0.3 is 4.74 Å². The van der Waals surface area contributed by atoms with Crippen LogP contribution in [0.3, 0.4) is 0 Å². The van der Waals surface area contributed by atoms with Crippen LogP contribution in [0.4, 0.5) is 4.39 Å². The fourth-order valence-electron chi connectivity index (χ4n) is 1.92. The van der Waals surface area contributed by atoms with E-state index in [0.717, 1.165) is 11.1 Å². The molecule has 0 radical (unpaired) electrons. The van der Waals surface area contributed by atoms with Gasteiger partial charge in [-0.15, -0.1) is 0 Å². The predicted molar refractivity (Wildman–Crippen MR) is 84.2 cm³/mol. The number of hydrogen-bond acceptors (Lipinski definition) is 4. The largest absolute Gasteiger partial charge is 0.356 e. The van der Waals surface area contributed by atoms with Gasteiger partial charge in [0.15, 0.2) is 6.79 Å². The number of ether oxygens (including phenoxy) is 1. The lowest BCUT2D eigenvalue weighted by Gasteiger charge is -2.16. The van der Waals surface area contributed by atoms with Crippen LogP contribution in [-0.4, -0.2) is 18.9 Å². The minimum absolute atomic E-state index is 0.0582. The van der Waals surface area contributed by atoms with Crippen LogP contribution in [0.1, 0.15) is 18.1 Å². The van der Waals surface area contributed by atoms with Gasteiger partial charge in [-0.2, -0.15) is 0 Å². The van der Waals surface area contributed by atoms with Gasteiger partial charge in [0.2, 0.25) is 0 Å². The molecule has 0 aliphatic heterocycles. The predicted octanol–water partition coefficient (Wildman–Crippen LogP) is 3.89. The molecule has 6 heteroatoms. The van der Waals surface area contributed by atoms with E-state index in [9.17, 15) is 4.39 Å². The van der Waals surface area contributed by atoms with Gasteiger partial charge in [-0.1, -0.05) is 17.7 Å². The highest BCUT2D eigenvalue weighted by molar-refractivity contribution is 6.32. The lowest BCUT2D eigenvalue weighted by atomic mass is 10.0. The topological polar surface area (TPSA) is 43.4 Å². The second-order valence-electron chi connectivity index (χ2n) is 4.52. The smallest absolute Gasteiger partial charge is 0.172 e. The quantitative estimate of drug-likeness (QED) is 0.498. The molecule has 0 fully saturated rings. The average molecular weight is 323 g/mol. The molecule has 1 aromatic carbocycles. The number of pyridine rings is 1. The van der Waals surface area contributed by atoms with Gasteiger partial charge in [-0.05, 0) is 42.3 Å². The summed E-state index contributed by atoms with van der Waals surface area (Å²) in [6, 6.07) is 7.94. The highest BCUT2D eigenvalue weighted by atomic mass is 35.5. The molecule has 0 spiro atoms. The summed E-state index contributed by atoms with van der Waals surface area (Å²) in [5, 5.41) is 0.284. The Kier molecular flexibility index (Phi) is 5.89. The van der Waals surface area contributed by atoms with Gasteiger partial charge in [-0.3, -0.25) is 10.5 Å². The fraction of sp³-hybridized carbons (Fsp3) is 0.188. The Bertz CT molecular complexity index is 662. The second kappa shape index (κ2) is 7.89. The summed E-state index contributed by atoms with van der Waals surface area (Å²) in [6.07, 6.45) is 3.42. The third-order valence-electron chi connectivity index (χ3n) is 3.02. The first-order valence-electron chi connectivity index (χ1n) is 6.57. The van der Waals surface area contributed by atoms with Crippen LogP contribution in [0, 0.1) is 5.82 Å². The lowest BCUT2D eigenvalue weighted by molar-refractivity contribution is -0.0623. The molecule has 116 valence electrons. The van der Waals surface area contributed by atoms with Crippen LogP contribution in [0.5, 0.6) is 0 Å². The van der Waals surface area contributed by atoms with Gasteiger partial charge in [0, 0.05) is 25.1 Å². The number of benzene rings is 1. The van der Waals surface area contributed by atoms with E-state index in [2.05, 4.69) is 10.5 Å². The third-order valence-corrected chi connectivity index (χ3v) is 3.33. The van der Waals surface area contributed by atoms with E-state index in [4.69, 9.17) is 21.2 Å². The third kappa shape index (κ3) is 4.04. The molecule has 0 saturated heterocycles. The van der Waals surface area contributed by atoms with Gasteiger partial charge in [0.1, 0.15) is 5.82 Å². The van der Waals surface area contributed by atoms with Crippen molar-refractivity contribution in [3.05, 3.63) is 64.7 Å². The van der Waals surface area contributed by atoms with E-state index in [1.807, 2.05) is 19.1 Å². The van der Waals surface area contributed by atoms with Crippen LogP contribution >= 0.6 is 11.6 Å². The molecule has 1 aromatic heterocycles. The maximum atomic E-state index is 13.3. The SMILES string of the molecule is COCONC(=C(C)c1cccnc1)c1ccc(F)cc1Cl. The molecule has 2 aromatic rings. The molecule has 4 nitrogen and oxygen atoms in total. The first-order valence-corrected chi connectivity index (χ1v) is 6.94. The molecule has 1 N–H and O–H groups in total. The first-order chi connectivity index (χ1) is 10.6. The van der Waals surface area contributed by atoms with E-state index < -0.39 is 5.82 Å². The number of allylic oxidation sites excluding steroid dienone is 1. The monoisotopic (exact) mass is 322 g/mol. The molecule has 0 bridgehead atoms. The maximum absolute atomic E-state index is 13.3. The van der Waals surface area contributed by atoms with Crippen molar-refractivity contribution >= 4 is 22.9 Å². The zero-order chi connectivity index (χ0) is 15.9. The Morgan fingerprint density at radius 2 is 2.18 bits per heavy atom. The van der Waals surface area contributed by atoms with E-state index in [-0.39, 0.29) is 11.8 Å². The number of rotatable bonds is 6. The summed E-state index contributed by atoms with van der Waals surface area (Å²) in [5.74, 6) is -0.398. The van der Waals surface area contributed by atoms with E-state index in [1.54, 1.807) is 18.5 Å². The Hall–Kier alpha value is -1.95. The van der Waals surface area contributed by atoms with Crippen molar-refractivity contribution in [3.8, 4) is 0 Å². The average Bonchev–Trinajstić information content (AvgIpc) is 2.53. The Morgan fingerprint density at radius 3 is 2.82 bits per heavy atom. The fourth-order valence-corrected chi connectivity index (χ4v) is 2.18. The molecule has 0 saturated carbocycles. The standard InChI is InChI=1S/C16H16ClFN2O2/c1-11(12-4-3-7-19-9-12)16(20-22-10-21-2)14-6-5-13(18)8-15(14)17/h3-9,20H,10H2,1-2H3. The van der Waals surface area contributed by atoms with E-state index in [0.29, 0.717) is 11.3 Å². The van der Waals surface area contributed by atoms with Crippen molar-refractivity contribution < 1.29 is 14.0 Å². The van der Waals surface area contributed by atoms with E-state index >= 15 is 0 Å². The van der Waals surface area contributed by atoms with Crippen molar-refractivity contribution in [2.45, 2.75) is 6.92 Å². The van der Waals surface area contributed by atoms with Crippen molar-refractivity contribution in [2.24, 2.45) is 0 Å². The number of nitrogens with one attached hydrogen (secondary N) is 1. The summed E-state index contributed by atoms with van der Waals surface area (Å²) in [6.45, 7) is 1.96. The first kappa shape index (κ1) is 16.4. The molecule has 22 heavy (non-hydrogen) atoms. The minimum atomic E-state index is -0.398. The summed E-state index contributed by atoms with van der Waals surface area (Å²) >= 11 is 6.15. The minimum Gasteiger partial charge on any atom is -0.356 e. The number of halogens is 2. The van der Waals surface area contributed by atoms with Crippen molar-refractivity contribution in [2.75, 3.05) is 13.9 Å². The number of aromatic nitrogens is 1. The van der Waals surface area contributed by atoms with Gasteiger partial charge >= 0.3 is 0 Å². The Balaban J connectivity index is 2.46. The van der Waals surface area contributed by atoms with E-state index in [1.165, 1.54) is 19.2 Å². The molecule has 0 aliphatic rings. The molecular formula is C16H16ClFN2O2. The molecule has 0 atom stereocenters. The summed E-state index contributed by atoms with van der Waals surface area (Å²) < 4.78 is 18.1. The van der Waals surface area contributed by atoms with Crippen molar-refractivity contribution in [3.63, 3.8) is 0 Å². The zero-order valence-electron chi connectivity index (χ0n) is 12.3. The van der Waals surface area contributed by atoms with Gasteiger partial charge in [0.05, 0.1) is 10.7 Å². The highest BCUT2D eigenvalue weighted by Crippen LogP contribution is 2.29. The molecule has 0 unspecified atom stereocenters. The summed E-state index contributed by atoms with van der Waals surface area (Å²) in [7, 11) is 1.52. The molecular weight excluding hydrogens is 307 g/mol. The normalized spacial score (nSPS) is 12.0. The number of hydrogen-bond donors (Lipinski definition) is 1. The summed E-state index contributed by atoms with van der Waals surface area (Å²) in [4.78, 5) is 9.32. The van der Waals surface area contributed by atoms with Crippen LogP contribution in [-0.2, 0) is 9.57 Å². The Labute approximate surface area is 133 Å². The molecule has 0 amide bonds. The van der Waals surface area contributed by atoms with Crippen molar-refractivity contribution in [1.29, 1.82) is 0 Å². The number of hydroxylamine groups is 1. The van der Waals surface area contributed by atoms with Crippen LogP contribution in [0.15, 0.2) is 42.7 Å². The second-order valence-corrected chi connectivity index (χ2v) is 4.93. The van der Waals surface area contributed by atoms with Crippen LogP contribution < -0.4 is 5.48 Å². The molecule has 2 rings (SSSR count). The number of methoxy groups -OCH3 is 1. The molecule has 0 aliphatic carbocycles. The number of nitrogens with zero attached hydrogens (tertiary/aromatic N) is 1. The zero-order valence-corrected chi connectivity index (χ0v) is 13.0. The van der Waals surface area contributed by atoms with Gasteiger partial charge in [-0.25, -0.2) is 9.23 Å². The van der Waals surface area contributed by atoms with Crippen LogP contribution in [0.2, 0.25) is 5.02 Å². The molecule has 1 heterocycles. The highest BCUT2D eigenvalue weighted by Gasteiger charge is 2.12. The maximum Gasteiger partial charge on any atom is 0.172 e. The van der Waals surface area contributed by atoms with Gasteiger partial charge in [0.25, 0.3) is 0 Å². The van der Waals surface area contributed by atoms with Crippen molar-refractivity contribution in [1.82, 2.24) is 10.5 Å². The van der Waals surface area contributed by atoms with Crippen LogP contribution in [0.25, 0.3) is 11.3 Å². The summed E-state index contributed by atoms with van der Waals surface area (Å²) in [5.41, 5.74) is 5.82.